The Hall–Kier alpha value is -2.86. The van der Waals surface area contributed by atoms with E-state index in [0.717, 1.165) is 54.6 Å². The van der Waals surface area contributed by atoms with Crippen molar-refractivity contribution in [2.24, 2.45) is 0 Å². The van der Waals surface area contributed by atoms with Crippen molar-refractivity contribution >= 4 is 38.3 Å². The molecule has 0 saturated carbocycles. The van der Waals surface area contributed by atoms with Crippen LogP contribution in [0, 0.1) is 0 Å². The number of likely N-dealkylation sites (tertiary alicyclic amines) is 1. The summed E-state index contributed by atoms with van der Waals surface area (Å²) in [6, 6.07) is 12.6. The number of thiazole rings is 1. The quantitative estimate of drug-likeness (QED) is 0.314. The van der Waals surface area contributed by atoms with Crippen LogP contribution < -0.4 is 19.5 Å². The van der Waals surface area contributed by atoms with Crippen molar-refractivity contribution in [2.75, 3.05) is 65.9 Å². The lowest BCUT2D eigenvalue weighted by Crippen LogP contribution is -2.48. The van der Waals surface area contributed by atoms with E-state index in [-0.39, 0.29) is 5.91 Å². The molecule has 2 aromatic carbocycles. The molecule has 41 heavy (non-hydrogen) atoms. The normalized spacial score (nSPS) is 18.0. The third-order valence-corrected chi connectivity index (χ3v) is 9.17. The Bertz CT molecular complexity index is 1290. The molecule has 0 bridgehead atoms. The van der Waals surface area contributed by atoms with Gasteiger partial charge in [-0.15, -0.1) is 11.3 Å². The number of hydrogen-bond acceptors (Lipinski definition) is 9. The Morgan fingerprint density at radius 1 is 1.00 bits per heavy atom. The smallest absolute Gasteiger partial charge is 0.254 e. The minimum absolute atomic E-state index is 0.0369. The minimum Gasteiger partial charge on any atom is -0.493 e. The van der Waals surface area contributed by atoms with Crippen LogP contribution >= 0.6 is 27.3 Å². The van der Waals surface area contributed by atoms with Gasteiger partial charge in [-0.25, -0.2) is 4.98 Å². The summed E-state index contributed by atoms with van der Waals surface area (Å²) in [6.45, 7) is 6.71. The van der Waals surface area contributed by atoms with Crippen molar-refractivity contribution in [2.45, 2.75) is 32.0 Å². The van der Waals surface area contributed by atoms with Crippen LogP contribution in [0.2, 0.25) is 0 Å². The molecule has 2 aliphatic heterocycles. The van der Waals surface area contributed by atoms with Gasteiger partial charge in [-0.3, -0.25) is 14.6 Å². The predicted octanol–water partition coefficient (Wildman–Crippen LogP) is 4.97. The highest BCUT2D eigenvalue weighted by atomic mass is 79.9. The van der Waals surface area contributed by atoms with Gasteiger partial charge in [0.05, 0.1) is 27.0 Å². The Labute approximate surface area is 254 Å². The molecule has 5 rings (SSSR count). The second kappa shape index (κ2) is 13.9. The fraction of sp³-hybridized carbons (Fsp3) is 0.467. The van der Waals surface area contributed by atoms with E-state index in [1.807, 2.05) is 4.90 Å². The molecule has 11 heteroatoms. The minimum atomic E-state index is -0.0369. The first-order valence-electron chi connectivity index (χ1n) is 14.0. The molecule has 1 aromatic heterocycles. The first kappa shape index (κ1) is 29.6. The van der Waals surface area contributed by atoms with Crippen LogP contribution in [0.15, 0.2) is 46.3 Å². The van der Waals surface area contributed by atoms with E-state index in [2.05, 4.69) is 60.7 Å². The largest absolute Gasteiger partial charge is 0.493 e. The highest BCUT2D eigenvalue weighted by Crippen LogP contribution is 2.38. The summed E-state index contributed by atoms with van der Waals surface area (Å²) in [4.78, 5) is 24.9. The Kier molecular flexibility index (Phi) is 10.0. The summed E-state index contributed by atoms with van der Waals surface area (Å²) < 4.78 is 17.3. The van der Waals surface area contributed by atoms with Crippen LogP contribution in [0.3, 0.4) is 0 Å². The number of nitrogens with zero attached hydrogens (tertiary/aromatic N) is 4. The first-order valence-corrected chi connectivity index (χ1v) is 15.6. The number of benzene rings is 2. The summed E-state index contributed by atoms with van der Waals surface area (Å²) in [5.74, 6) is 1.40. The van der Waals surface area contributed by atoms with Crippen molar-refractivity contribution in [3.05, 3.63) is 63.1 Å². The summed E-state index contributed by atoms with van der Waals surface area (Å²) in [7, 11) is 4.66. The Morgan fingerprint density at radius 2 is 1.71 bits per heavy atom. The van der Waals surface area contributed by atoms with Gasteiger partial charge in [-0.05, 0) is 49.2 Å². The zero-order valence-electron chi connectivity index (χ0n) is 23.9. The third kappa shape index (κ3) is 7.32. The van der Waals surface area contributed by atoms with E-state index in [1.54, 1.807) is 44.8 Å². The maximum Gasteiger partial charge on any atom is 0.254 e. The van der Waals surface area contributed by atoms with Crippen LogP contribution in [0.1, 0.15) is 34.5 Å². The van der Waals surface area contributed by atoms with Crippen molar-refractivity contribution < 1.29 is 19.0 Å². The lowest BCUT2D eigenvalue weighted by atomic mass is 10.1. The van der Waals surface area contributed by atoms with Crippen LogP contribution in [-0.4, -0.2) is 92.2 Å². The summed E-state index contributed by atoms with van der Waals surface area (Å²) in [5, 5.41) is 6.71. The number of carbonyl (C=O) groups is 1. The molecule has 0 spiro atoms. The second-order valence-electron chi connectivity index (χ2n) is 10.4. The number of nitrogens with one attached hydrogen (secondary N) is 1. The molecule has 9 nitrogen and oxygen atoms in total. The van der Waals surface area contributed by atoms with Crippen LogP contribution in [0.4, 0.5) is 5.13 Å². The van der Waals surface area contributed by atoms with E-state index in [9.17, 15) is 4.79 Å². The van der Waals surface area contributed by atoms with E-state index in [4.69, 9.17) is 19.2 Å². The Balaban J connectivity index is 1.09. The molecule has 2 aliphatic rings. The van der Waals surface area contributed by atoms with Crippen molar-refractivity contribution in [3.8, 4) is 17.2 Å². The lowest BCUT2D eigenvalue weighted by Gasteiger charge is -2.34. The monoisotopic (exact) mass is 643 g/mol. The number of carbonyl (C=O) groups excluding carboxylic acids is 1. The van der Waals surface area contributed by atoms with E-state index >= 15 is 0 Å². The van der Waals surface area contributed by atoms with Gasteiger partial charge in [0.1, 0.15) is 0 Å². The third-order valence-electron chi connectivity index (χ3n) is 7.80. The Morgan fingerprint density at radius 3 is 2.37 bits per heavy atom. The molecule has 0 aliphatic carbocycles. The van der Waals surface area contributed by atoms with Crippen molar-refractivity contribution in [1.82, 2.24) is 19.7 Å². The van der Waals surface area contributed by atoms with Gasteiger partial charge < -0.3 is 24.4 Å². The number of amides is 1. The van der Waals surface area contributed by atoms with Crippen LogP contribution in [-0.2, 0) is 13.1 Å². The zero-order valence-corrected chi connectivity index (χ0v) is 26.3. The lowest BCUT2D eigenvalue weighted by molar-refractivity contribution is 0.0626. The van der Waals surface area contributed by atoms with Crippen LogP contribution in [0.25, 0.3) is 0 Å². The maximum atomic E-state index is 13.3. The van der Waals surface area contributed by atoms with Gasteiger partial charge in [-0.1, -0.05) is 28.1 Å². The fourth-order valence-corrected chi connectivity index (χ4v) is 6.53. The highest BCUT2D eigenvalue weighted by Gasteiger charge is 2.26. The summed E-state index contributed by atoms with van der Waals surface area (Å²) >= 11 is 5.19. The SMILES string of the molecule is COc1cc(C(=O)N2CCN(Cc3csc(NC[C@@H]4CCCN4Cc4ccc(Br)cc4)n3)CC2)cc(OC)c1OC. The van der Waals surface area contributed by atoms with Crippen molar-refractivity contribution in [3.63, 3.8) is 0 Å². The first-order chi connectivity index (χ1) is 20.0. The number of halogens is 1. The topological polar surface area (TPSA) is 79.4 Å². The van der Waals surface area contributed by atoms with Gasteiger partial charge in [0.25, 0.3) is 5.91 Å². The molecular formula is C30H38BrN5O4S. The molecule has 1 N–H and O–H groups in total. The van der Waals surface area contributed by atoms with Gasteiger partial charge in [0, 0.05) is 67.3 Å². The second-order valence-corrected chi connectivity index (χ2v) is 12.2. The molecule has 3 aromatic rings. The molecule has 0 unspecified atom stereocenters. The molecule has 3 heterocycles. The number of anilines is 1. The predicted molar refractivity (Wildman–Crippen MR) is 165 cm³/mol. The van der Waals surface area contributed by atoms with Gasteiger partial charge in [0.2, 0.25) is 5.75 Å². The summed E-state index contributed by atoms with van der Waals surface area (Å²) in [6.07, 6.45) is 2.45. The van der Waals surface area contributed by atoms with Gasteiger partial charge in [-0.2, -0.15) is 0 Å². The number of piperazine rings is 1. The van der Waals surface area contributed by atoms with Gasteiger partial charge in [0.15, 0.2) is 16.6 Å². The highest BCUT2D eigenvalue weighted by molar-refractivity contribution is 9.10. The standard InChI is InChI=1S/C30H38BrN5O4S/c1-38-26-15-22(16-27(39-2)28(26)40-3)29(37)35-13-11-34(12-14-35)19-24-20-41-30(33-24)32-17-25-5-4-10-36(25)18-21-6-8-23(31)9-7-21/h6-9,15-16,20,25H,4-5,10-14,17-19H2,1-3H3,(H,32,33)/t25-/m0/s1. The van der Waals surface area contributed by atoms with Crippen molar-refractivity contribution in [1.29, 1.82) is 0 Å². The zero-order chi connectivity index (χ0) is 28.8. The molecule has 1 atom stereocenters. The number of rotatable bonds is 11. The van der Waals surface area contributed by atoms with E-state index in [1.165, 1.54) is 18.4 Å². The molecule has 1 amide bonds. The fourth-order valence-electron chi connectivity index (χ4n) is 5.55. The molecule has 2 saturated heterocycles. The molecule has 0 radical (unpaired) electrons. The number of hydrogen-bond donors (Lipinski definition) is 1. The molecule has 220 valence electrons. The maximum absolute atomic E-state index is 13.3. The number of ether oxygens (including phenoxy) is 3. The average molecular weight is 645 g/mol. The van der Waals surface area contributed by atoms with Crippen LogP contribution in [0.5, 0.6) is 17.2 Å². The number of aromatic nitrogens is 1. The average Bonchev–Trinajstić information content (AvgIpc) is 3.65. The van der Waals surface area contributed by atoms with Gasteiger partial charge >= 0.3 is 0 Å². The molecular weight excluding hydrogens is 606 g/mol. The number of methoxy groups -OCH3 is 3. The van der Waals surface area contributed by atoms with E-state index < -0.39 is 0 Å². The molecule has 2 fully saturated rings. The summed E-state index contributed by atoms with van der Waals surface area (Å²) in [5.41, 5.74) is 2.95. The van der Waals surface area contributed by atoms with E-state index in [0.29, 0.717) is 41.9 Å².